The lowest BCUT2D eigenvalue weighted by molar-refractivity contribution is 0.167. The van der Waals surface area contributed by atoms with Crippen LogP contribution in [0.4, 0.5) is 4.39 Å². The summed E-state index contributed by atoms with van der Waals surface area (Å²) in [7, 11) is 1.87. The first-order valence-corrected chi connectivity index (χ1v) is 5.98. The van der Waals surface area contributed by atoms with Crippen LogP contribution in [0.1, 0.15) is 29.2 Å². The standard InChI is InChI=1S/C14H17FN2O/c1-10-7-12(15)4-5-13(10)14(18)6-3-11-8-16-17(2)9-11/h4-5,7-9,14,18H,3,6H2,1-2H3. The predicted molar refractivity (Wildman–Crippen MR) is 67.6 cm³/mol. The van der Waals surface area contributed by atoms with E-state index in [0.29, 0.717) is 6.42 Å². The van der Waals surface area contributed by atoms with E-state index in [0.717, 1.165) is 23.1 Å². The van der Waals surface area contributed by atoms with Gasteiger partial charge in [-0.1, -0.05) is 6.07 Å². The van der Waals surface area contributed by atoms with Crippen LogP contribution >= 0.6 is 0 Å². The molecule has 0 spiro atoms. The Morgan fingerprint density at radius 3 is 2.83 bits per heavy atom. The third kappa shape index (κ3) is 2.96. The van der Waals surface area contributed by atoms with E-state index in [-0.39, 0.29) is 5.82 Å². The smallest absolute Gasteiger partial charge is 0.123 e. The van der Waals surface area contributed by atoms with Crippen molar-refractivity contribution in [2.45, 2.75) is 25.9 Å². The maximum Gasteiger partial charge on any atom is 0.123 e. The largest absolute Gasteiger partial charge is 0.388 e. The molecule has 0 fully saturated rings. The summed E-state index contributed by atoms with van der Waals surface area (Å²) in [5.41, 5.74) is 2.67. The Morgan fingerprint density at radius 1 is 1.44 bits per heavy atom. The molecule has 1 heterocycles. The molecule has 1 atom stereocenters. The topological polar surface area (TPSA) is 38.1 Å². The number of hydrogen-bond donors (Lipinski definition) is 1. The van der Waals surface area contributed by atoms with Crippen LogP contribution in [-0.2, 0) is 13.5 Å². The van der Waals surface area contributed by atoms with Gasteiger partial charge >= 0.3 is 0 Å². The van der Waals surface area contributed by atoms with Crippen molar-refractivity contribution >= 4 is 0 Å². The summed E-state index contributed by atoms with van der Waals surface area (Å²) in [6, 6.07) is 4.48. The van der Waals surface area contributed by atoms with Crippen LogP contribution in [0.2, 0.25) is 0 Å². The van der Waals surface area contributed by atoms with Crippen LogP contribution in [0.5, 0.6) is 0 Å². The molecule has 3 nitrogen and oxygen atoms in total. The minimum atomic E-state index is -0.564. The van der Waals surface area contributed by atoms with Crippen LogP contribution < -0.4 is 0 Å². The molecule has 0 bridgehead atoms. The number of hydrogen-bond acceptors (Lipinski definition) is 2. The lowest BCUT2D eigenvalue weighted by Gasteiger charge is -2.13. The van der Waals surface area contributed by atoms with Gasteiger partial charge in [0.2, 0.25) is 0 Å². The summed E-state index contributed by atoms with van der Waals surface area (Å²) < 4.78 is 14.7. The van der Waals surface area contributed by atoms with E-state index in [1.165, 1.54) is 12.1 Å². The number of aryl methyl sites for hydroxylation is 3. The van der Waals surface area contributed by atoms with Crippen LogP contribution in [0.15, 0.2) is 30.6 Å². The lowest BCUT2D eigenvalue weighted by Crippen LogP contribution is -2.02. The first-order valence-electron chi connectivity index (χ1n) is 5.98. The SMILES string of the molecule is Cc1cc(F)ccc1C(O)CCc1cnn(C)c1. The predicted octanol–water partition coefficient (Wildman–Crippen LogP) is 2.53. The van der Waals surface area contributed by atoms with E-state index in [9.17, 15) is 9.50 Å². The van der Waals surface area contributed by atoms with Crippen molar-refractivity contribution in [1.29, 1.82) is 0 Å². The number of benzene rings is 1. The fourth-order valence-corrected chi connectivity index (χ4v) is 2.07. The fraction of sp³-hybridized carbons (Fsp3) is 0.357. The molecule has 0 aliphatic heterocycles. The summed E-state index contributed by atoms with van der Waals surface area (Å²) in [5.74, 6) is -0.268. The molecule has 96 valence electrons. The average Bonchev–Trinajstić information content (AvgIpc) is 2.72. The summed E-state index contributed by atoms with van der Waals surface area (Å²) in [6.07, 6.45) is 4.53. The van der Waals surface area contributed by atoms with E-state index < -0.39 is 6.10 Å². The Labute approximate surface area is 106 Å². The average molecular weight is 248 g/mol. The highest BCUT2D eigenvalue weighted by Crippen LogP contribution is 2.22. The van der Waals surface area contributed by atoms with Crippen molar-refractivity contribution in [1.82, 2.24) is 9.78 Å². The van der Waals surface area contributed by atoms with Crippen molar-refractivity contribution in [3.05, 3.63) is 53.1 Å². The number of aliphatic hydroxyl groups excluding tert-OH is 1. The summed E-state index contributed by atoms with van der Waals surface area (Å²) in [5, 5.41) is 14.2. The van der Waals surface area contributed by atoms with Gasteiger partial charge in [0, 0.05) is 13.2 Å². The van der Waals surface area contributed by atoms with Crippen molar-refractivity contribution in [2.75, 3.05) is 0 Å². The molecule has 2 aromatic rings. The number of aliphatic hydroxyl groups is 1. The van der Waals surface area contributed by atoms with Gasteiger partial charge < -0.3 is 5.11 Å². The number of rotatable bonds is 4. The molecule has 1 unspecified atom stereocenters. The highest BCUT2D eigenvalue weighted by Gasteiger charge is 2.11. The Bertz CT molecular complexity index is 536. The summed E-state index contributed by atoms with van der Waals surface area (Å²) >= 11 is 0. The quantitative estimate of drug-likeness (QED) is 0.903. The Morgan fingerprint density at radius 2 is 2.22 bits per heavy atom. The molecule has 0 saturated heterocycles. The highest BCUT2D eigenvalue weighted by atomic mass is 19.1. The molecule has 1 aromatic carbocycles. The third-order valence-corrected chi connectivity index (χ3v) is 3.06. The lowest BCUT2D eigenvalue weighted by atomic mass is 9.99. The van der Waals surface area contributed by atoms with E-state index in [1.54, 1.807) is 16.9 Å². The first kappa shape index (κ1) is 12.8. The normalized spacial score (nSPS) is 12.7. The monoisotopic (exact) mass is 248 g/mol. The molecule has 1 N–H and O–H groups in total. The van der Waals surface area contributed by atoms with Gasteiger partial charge in [-0.25, -0.2) is 4.39 Å². The summed E-state index contributed by atoms with van der Waals surface area (Å²) in [6.45, 7) is 1.81. The zero-order valence-corrected chi connectivity index (χ0v) is 10.6. The molecular weight excluding hydrogens is 231 g/mol. The molecule has 0 aliphatic carbocycles. The maximum absolute atomic E-state index is 13.0. The zero-order valence-electron chi connectivity index (χ0n) is 10.6. The van der Waals surface area contributed by atoms with Gasteiger partial charge in [-0.3, -0.25) is 4.68 Å². The number of nitrogens with zero attached hydrogens (tertiary/aromatic N) is 2. The van der Waals surface area contributed by atoms with E-state index in [1.807, 2.05) is 20.2 Å². The van der Waals surface area contributed by atoms with Gasteiger partial charge in [-0.05, 0) is 48.6 Å². The molecule has 4 heteroatoms. The molecule has 0 amide bonds. The molecule has 2 rings (SSSR count). The molecule has 1 aromatic heterocycles. The van der Waals surface area contributed by atoms with Gasteiger partial charge in [-0.2, -0.15) is 5.10 Å². The first-order chi connectivity index (χ1) is 8.56. The molecular formula is C14H17FN2O. The molecule has 18 heavy (non-hydrogen) atoms. The summed E-state index contributed by atoms with van der Waals surface area (Å²) in [4.78, 5) is 0. The van der Waals surface area contributed by atoms with E-state index in [4.69, 9.17) is 0 Å². The van der Waals surface area contributed by atoms with Gasteiger partial charge in [0.15, 0.2) is 0 Å². The Balaban J connectivity index is 2.01. The van der Waals surface area contributed by atoms with Gasteiger partial charge in [0.1, 0.15) is 5.82 Å². The van der Waals surface area contributed by atoms with Crippen molar-refractivity contribution in [3.8, 4) is 0 Å². The van der Waals surface area contributed by atoms with Gasteiger partial charge in [0.05, 0.1) is 12.3 Å². The van der Waals surface area contributed by atoms with E-state index in [2.05, 4.69) is 5.10 Å². The van der Waals surface area contributed by atoms with Crippen LogP contribution in [0.3, 0.4) is 0 Å². The van der Waals surface area contributed by atoms with Crippen molar-refractivity contribution in [3.63, 3.8) is 0 Å². The second-order valence-corrected chi connectivity index (χ2v) is 4.58. The third-order valence-electron chi connectivity index (χ3n) is 3.06. The minimum absolute atomic E-state index is 0.268. The Hall–Kier alpha value is -1.68. The zero-order chi connectivity index (χ0) is 13.1. The number of halogens is 1. The highest BCUT2D eigenvalue weighted by molar-refractivity contribution is 5.28. The molecule has 0 saturated carbocycles. The maximum atomic E-state index is 13.0. The van der Waals surface area contributed by atoms with Crippen LogP contribution in [0, 0.1) is 12.7 Å². The van der Waals surface area contributed by atoms with E-state index >= 15 is 0 Å². The Kier molecular flexibility index (Phi) is 3.77. The van der Waals surface area contributed by atoms with Gasteiger partial charge in [0.25, 0.3) is 0 Å². The fourth-order valence-electron chi connectivity index (χ4n) is 2.07. The minimum Gasteiger partial charge on any atom is -0.388 e. The van der Waals surface area contributed by atoms with Crippen molar-refractivity contribution < 1.29 is 9.50 Å². The van der Waals surface area contributed by atoms with Crippen LogP contribution in [-0.4, -0.2) is 14.9 Å². The van der Waals surface area contributed by atoms with Crippen molar-refractivity contribution in [2.24, 2.45) is 7.05 Å². The molecule has 0 aliphatic rings. The second kappa shape index (κ2) is 5.31. The van der Waals surface area contributed by atoms with Gasteiger partial charge in [-0.15, -0.1) is 0 Å². The second-order valence-electron chi connectivity index (χ2n) is 4.58. The number of aromatic nitrogens is 2. The van der Waals surface area contributed by atoms with Crippen LogP contribution in [0.25, 0.3) is 0 Å². The molecule has 0 radical (unpaired) electrons.